The highest BCUT2D eigenvalue weighted by atomic mass is 19.4. The van der Waals surface area contributed by atoms with E-state index in [0.29, 0.717) is 18.9 Å². The second-order valence-electron chi connectivity index (χ2n) is 9.06. The number of fused-ring (bicyclic) bond motifs is 2. The summed E-state index contributed by atoms with van der Waals surface area (Å²) in [5, 5.41) is 12.5. The molecule has 2 N–H and O–H groups in total. The van der Waals surface area contributed by atoms with Crippen LogP contribution in [-0.2, 0) is 17.5 Å². The highest BCUT2D eigenvalue weighted by Crippen LogP contribution is 2.38. The summed E-state index contributed by atoms with van der Waals surface area (Å²) < 4.78 is 46.4. The standard InChI is InChI=1S/C27H24F3N3O3/c1-15-3-4-17(11-31-20-6-7-21-19(9-25(34)35)14-36-22(21)10-20)16(2)26(15)18-5-8-24-32-23(27(28,29)30)13-33(24)12-18/h3-8,10,12-13,19,31H,9,11,14H2,1-2H3,(H,34,35)/t19-/m1/s1. The molecule has 4 aromatic rings. The zero-order valence-electron chi connectivity index (χ0n) is 19.7. The van der Waals surface area contributed by atoms with E-state index >= 15 is 0 Å². The lowest BCUT2D eigenvalue weighted by Crippen LogP contribution is -2.07. The average molecular weight is 496 g/mol. The number of nitrogens with zero attached hydrogens (tertiary/aromatic N) is 2. The molecule has 1 aliphatic rings. The lowest BCUT2D eigenvalue weighted by molar-refractivity contribution is -0.141. The van der Waals surface area contributed by atoms with Crippen molar-refractivity contribution < 1.29 is 27.8 Å². The summed E-state index contributed by atoms with van der Waals surface area (Å²) in [6, 6.07) is 13.1. The monoisotopic (exact) mass is 495 g/mol. The number of aromatic nitrogens is 2. The van der Waals surface area contributed by atoms with Crippen LogP contribution in [0.2, 0.25) is 0 Å². The topological polar surface area (TPSA) is 75.9 Å². The summed E-state index contributed by atoms with van der Waals surface area (Å²) in [7, 11) is 0. The van der Waals surface area contributed by atoms with Crippen molar-refractivity contribution in [1.82, 2.24) is 9.38 Å². The molecule has 1 atom stereocenters. The number of carboxylic acids is 1. The molecule has 0 saturated heterocycles. The Hall–Kier alpha value is -4.01. The fourth-order valence-electron chi connectivity index (χ4n) is 4.77. The predicted molar refractivity (Wildman–Crippen MR) is 129 cm³/mol. The smallest absolute Gasteiger partial charge is 0.434 e. The Bertz CT molecular complexity index is 1480. The van der Waals surface area contributed by atoms with Crippen LogP contribution in [0.1, 0.15) is 40.3 Å². The minimum absolute atomic E-state index is 0.0352. The summed E-state index contributed by atoms with van der Waals surface area (Å²) in [6.45, 7) is 4.87. The third kappa shape index (κ3) is 4.48. The second-order valence-corrected chi connectivity index (χ2v) is 9.06. The van der Waals surface area contributed by atoms with Crippen molar-refractivity contribution in [2.75, 3.05) is 11.9 Å². The van der Waals surface area contributed by atoms with E-state index in [-0.39, 0.29) is 18.0 Å². The van der Waals surface area contributed by atoms with Crippen LogP contribution in [-0.4, -0.2) is 27.1 Å². The Balaban J connectivity index is 1.39. The van der Waals surface area contributed by atoms with Gasteiger partial charge >= 0.3 is 12.1 Å². The van der Waals surface area contributed by atoms with E-state index in [2.05, 4.69) is 10.3 Å². The molecule has 186 valence electrons. The lowest BCUT2D eigenvalue weighted by atomic mass is 9.93. The van der Waals surface area contributed by atoms with Gasteiger partial charge < -0.3 is 19.6 Å². The molecule has 3 heterocycles. The molecule has 0 amide bonds. The van der Waals surface area contributed by atoms with Gasteiger partial charge in [0.25, 0.3) is 0 Å². The van der Waals surface area contributed by atoms with Crippen LogP contribution in [0.4, 0.5) is 18.9 Å². The number of pyridine rings is 1. The summed E-state index contributed by atoms with van der Waals surface area (Å²) in [4.78, 5) is 14.7. The number of alkyl halides is 3. The molecule has 36 heavy (non-hydrogen) atoms. The van der Waals surface area contributed by atoms with Gasteiger partial charge in [-0.25, -0.2) is 4.98 Å². The molecule has 0 spiro atoms. The number of nitrogens with one attached hydrogen (secondary N) is 1. The van der Waals surface area contributed by atoms with Crippen LogP contribution in [0.3, 0.4) is 0 Å². The van der Waals surface area contributed by atoms with Gasteiger partial charge in [-0.3, -0.25) is 4.79 Å². The molecular weight excluding hydrogens is 471 g/mol. The Morgan fingerprint density at radius 3 is 2.72 bits per heavy atom. The van der Waals surface area contributed by atoms with Crippen molar-refractivity contribution in [2.24, 2.45) is 0 Å². The molecule has 2 aromatic carbocycles. The summed E-state index contributed by atoms with van der Waals surface area (Å²) >= 11 is 0. The third-order valence-electron chi connectivity index (χ3n) is 6.61. The fourth-order valence-corrected chi connectivity index (χ4v) is 4.77. The highest BCUT2D eigenvalue weighted by molar-refractivity contribution is 5.73. The lowest BCUT2D eigenvalue weighted by Gasteiger charge is -2.16. The van der Waals surface area contributed by atoms with Gasteiger partial charge in [0.15, 0.2) is 5.69 Å². The van der Waals surface area contributed by atoms with Crippen molar-refractivity contribution >= 4 is 17.3 Å². The molecule has 0 aliphatic carbocycles. The van der Waals surface area contributed by atoms with Crippen molar-refractivity contribution in [1.29, 1.82) is 0 Å². The van der Waals surface area contributed by atoms with Crippen LogP contribution >= 0.6 is 0 Å². The first kappa shape index (κ1) is 23.7. The Kier molecular flexibility index (Phi) is 5.86. The molecule has 6 nitrogen and oxygen atoms in total. The Labute approximate surface area is 205 Å². The average Bonchev–Trinajstić information content (AvgIpc) is 3.42. The van der Waals surface area contributed by atoms with Gasteiger partial charge in [-0.05, 0) is 59.9 Å². The number of halogens is 3. The highest BCUT2D eigenvalue weighted by Gasteiger charge is 2.34. The van der Waals surface area contributed by atoms with E-state index in [1.807, 2.05) is 44.2 Å². The van der Waals surface area contributed by atoms with Crippen LogP contribution in [0.25, 0.3) is 16.8 Å². The molecule has 1 aliphatic heterocycles. The number of hydrogen-bond donors (Lipinski definition) is 2. The van der Waals surface area contributed by atoms with Gasteiger partial charge in [0.05, 0.1) is 13.0 Å². The van der Waals surface area contributed by atoms with Crippen molar-refractivity contribution in [2.45, 2.75) is 38.9 Å². The quantitative estimate of drug-likeness (QED) is 0.333. The number of carboxylic acid groups (broad SMARTS) is 1. The number of anilines is 1. The van der Waals surface area contributed by atoms with Crippen LogP contribution in [0, 0.1) is 13.8 Å². The van der Waals surface area contributed by atoms with E-state index in [1.165, 1.54) is 4.40 Å². The number of aryl methyl sites for hydroxylation is 1. The van der Waals surface area contributed by atoms with Gasteiger partial charge in [0, 0.05) is 42.2 Å². The Morgan fingerprint density at radius 2 is 1.97 bits per heavy atom. The number of ether oxygens (including phenoxy) is 1. The molecule has 0 bridgehead atoms. The summed E-state index contributed by atoms with van der Waals surface area (Å²) in [6.07, 6.45) is -1.78. The van der Waals surface area contributed by atoms with Gasteiger partial charge in [-0.15, -0.1) is 0 Å². The second kappa shape index (κ2) is 8.89. The van der Waals surface area contributed by atoms with Crippen molar-refractivity contribution in [3.63, 3.8) is 0 Å². The van der Waals surface area contributed by atoms with E-state index in [9.17, 15) is 18.0 Å². The third-order valence-corrected chi connectivity index (χ3v) is 6.61. The maximum Gasteiger partial charge on any atom is 0.434 e. The van der Waals surface area contributed by atoms with E-state index < -0.39 is 17.8 Å². The number of carbonyl (C=O) groups is 1. The van der Waals surface area contributed by atoms with Crippen molar-refractivity contribution in [3.05, 3.63) is 82.8 Å². The first-order chi connectivity index (χ1) is 17.1. The van der Waals surface area contributed by atoms with E-state index in [4.69, 9.17) is 9.84 Å². The molecule has 0 fully saturated rings. The number of aliphatic carboxylic acids is 1. The number of benzene rings is 2. The molecule has 0 unspecified atom stereocenters. The number of rotatable bonds is 6. The number of imidazole rings is 1. The van der Waals surface area contributed by atoms with Crippen LogP contribution in [0.15, 0.2) is 54.9 Å². The maximum atomic E-state index is 13.1. The minimum Gasteiger partial charge on any atom is -0.493 e. The van der Waals surface area contributed by atoms with Gasteiger partial charge in [-0.1, -0.05) is 18.2 Å². The minimum atomic E-state index is -4.50. The summed E-state index contributed by atoms with van der Waals surface area (Å²) in [5.41, 5.74) is 5.93. The zero-order valence-corrected chi connectivity index (χ0v) is 19.7. The maximum absolute atomic E-state index is 13.1. The molecule has 9 heteroatoms. The molecule has 5 rings (SSSR count). The molecule has 0 saturated carbocycles. The Morgan fingerprint density at radius 1 is 1.17 bits per heavy atom. The van der Waals surface area contributed by atoms with Crippen LogP contribution in [0.5, 0.6) is 5.75 Å². The normalized spacial score (nSPS) is 15.1. The molecule has 2 aromatic heterocycles. The zero-order chi connectivity index (χ0) is 25.6. The first-order valence-corrected chi connectivity index (χ1v) is 11.5. The first-order valence-electron chi connectivity index (χ1n) is 11.5. The molecule has 0 radical (unpaired) electrons. The molecular formula is C27H24F3N3O3. The van der Waals surface area contributed by atoms with E-state index in [1.54, 1.807) is 18.3 Å². The van der Waals surface area contributed by atoms with Crippen LogP contribution < -0.4 is 10.1 Å². The van der Waals surface area contributed by atoms with Gasteiger partial charge in [0.2, 0.25) is 0 Å². The van der Waals surface area contributed by atoms with Gasteiger partial charge in [-0.2, -0.15) is 13.2 Å². The van der Waals surface area contributed by atoms with Gasteiger partial charge in [0.1, 0.15) is 11.4 Å². The summed E-state index contributed by atoms with van der Waals surface area (Å²) in [5.74, 6) is -0.301. The largest absolute Gasteiger partial charge is 0.493 e. The number of hydrogen-bond acceptors (Lipinski definition) is 4. The van der Waals surface area contributed by atoms with E-state index in [0.717, 1.165) is 45.3 Å². The van der Waals surface area contributed by atoms with Crippen molar-refractivity contribution in [3.8, 4) is 16.9 Å². The predicted octanol–water partition coefficient (Wildman–Crippen LogP) is 6.20. The SMILES string of the molecule is Cc1ccc(CNc2ccc3c(c2)OC[C@H]3CC(=O)O)c(C)c1-c1ccc2nc(C(F)(F)F)cn2c1. The fraction of sp³-hybridized carbons (Fsp3) is 0.259.